The van der Waals surface area contributed by atoms with Crippen LogP contribution in [-0.2, 0) is 0 Å². The van der Waals surface area contributed by atoms with E-state index in [0.29, 0.717) is 5.92 Å². The first kappa shape index (κ1) is 18.4. The lowest BCUT2D eigenvalue weighted by Crippen LogP contribution is -2.61. The number of amides is 1. The highest BCUT2D eigenvalue weighted by Crippen LogP contribution is 2.48. The maximum Gasteiger partial charge on any atom is 0.255 e. The lowest BCUT2D eigenvalue weighted by molar-refractivity contribution is 0.00353. The Morgan fingerprint density at radius 3 is 2.67 bits per heavy atom. The van der Waals surface area contributed by atoms with Crippen molar-refractivity contribution < 1.29 is 4.79 Å². The number of thiophene rings is 1. The molecule has 2 fully saturated rings. The summed E-state index contributed by atoms with van der Waals surface area (Å²) >= 11 is 1.70. The molecule has 1 spiro atoms. The van der Waals surface area contributed by atoms with Gasteiger partial charge in [-0.25, -0.2) is 9.97 Å². The maximum absolute atomic E-state index is 13.0. The molecule has 0 bridgehead atoms. The van der Waals surface area contributed by atoms with E-state index >= 15 is 0 Å². The van der Waals surface area contributed by atoms with Crippen molar-refractivity contribution in [2.24, 2.45) is 5.41 Å². The third-order valence-electron chi connectivity index (χ3n) is 5.81. The van der Waals surface area contributed by atoms with Crippen molar-refractivity contribution in [2.75, 3.05) is 52.2 Å². The topological polar surface area (TPSA) is 52.6 Å². The van der Waals surface area contributed by atoms with E-state index in [1.807, 2.05) is 49.1 Å². The molecule has 27 heavy (non-hydrogen) atoms. The van der Waals surface area contributed by atoms with Crippen molar-refractivity contribution in [3.8, 4) is 0 Å². The van der Waals surface area contributed by atoms with E-state index in [1.165, 1.54) is 4.88 Å². The Bertz CT molecular complexity index is 871. The fourth-order valence-electron chi connectivity index (χ4n) is 4.59. The van der Waals surface area contributed by atoms with Crippen molar-refractivity contribution >= 4 is 23.2 Å². The zero-order valence-corrected chi connectivity index (χ0v) is 17.5. The largest absolute Gasteiger partial charge is 0.347 e. The highest BCUT2D eigenvalue weighted by Gasteiger charge is 2.55. The molecule has 0 radical (unpaired) electrons. The van der Waals surface area contributed by atoms with Crippen molar-refractivity contribution in [1.82, 2.24) is 19.8 Å². The van der Waals surface area contributed by atoms with E-state index in [4.69, 9.17) is 4.98 Å². The number of rotatable bonds is 3. The molecule has 6 nitrogen and oxygen atoms in total. The molecule has 1 amide bonds. The van der Waals surface area contributed by atoms with Crippen LogP contribution in [0.15, 0.2) is 18.3 Å². The summed E-state index contributed by atoms with van der Waals surface area (Å²) in [5.74, 6) is 1.25. The van der Waals surface area contributed by atoms with Crippen molar-refractivity contribution in [1.29, 1.82) is 0 Å². The fraction of sp³-hybridized carbons (Fsp3) is 0.550. The normalized spacial score (nSPS) is 21.5. The molecule has 2 aliphatic heterocycles. The minimum Gasteiger partial charge on any atom is -0.347 e. The van der Waals surface area contributed by atoms with Gasteiger partial charge in [0, 0.05) is 67.6 Å². The smallest absolute Gasteiger partial charge is 0.255 e. The summed E-state index contributed by atoms with van der Waals surface area (Å²) in [4.78, 5) is 30.7. The summed E-state index contributed by atoms with van der Waals surface area (Å²) in [5.41, 5.74) is 2.06. The number of likely N-dealkylation sites (N-methyl/N-ethyl adjacent to an activating group) is 1. The van der Waals surface area contributed by atoms with E-state index in [1.54, 1.807) is 11.3 Å². The van der Waals surface area contributed by atoms with Crippen LogP contribution in [0.4, 0.5) is 5.95 Å². The molecular formula is C20H27N5OS. The number of hydrogen-bond donors (Lipinski definition) is 0. The third-order valence-corrected chi connectivity index (χ3v) is 6.78. The van der Waals surface area contributed by atoms with E-state index in [-0.39, 0.29) is 11.3 Å². The highest BCUT2D eigenvalue weighted by atomic mass is 32.1. The Kier molecular flexibility index (Phi) is 4.47. The zero-order chi connectivity index (χ0) is 19.3. The molecule has 0 N–H and O–H groups in total. The number of nitrogens with zero attached hydrogens (tertiary/aromatic N) is 5. The van der Waals surface area contributed by atoms with E-state index in [2.05, 4.69) is 23.9 Å². The van der Waals surface area contributed by atoms with Gasteiger partial charge in [0.1, 0.15) is 0 Å². The molecular weight excluding hydrogens is 358 g/mol. The van der Waals surface area contributed by atoms with Crippen molar-refractivity contribution in [3.63, 3.8) is 0 Å². The first-order chi connectivity index (χ1) is 12.8. The van der Waals surface area contributed by atoms with Gasteiger partial charge in [-0.1, -0.05) is 0 Å². The molecule has 4 heterocycles. The standard InChI is InChI=1S/C20H27N5OS/c1-13-8-15(14(2)27-13)18(26)25-11-20(12-25)10-24(5)9-16(20)17-6-7-21-19(22-17)23(3)4/h6-8,16H,9-12H2,1-5H3. The van der Waals surface area contributed by atoms with Gasteiger partial charge in [0.2, 0.25) is 5.95 Å². The molecule has 2 saturated heterocycles. The highest BCUT2D eigenvalue weighted by molar-refractivity contribution is 7.12. The van der Waals surface area contributed by atoms with Crippen LogP contribution in [0, 0.1) is 19.3 Å². The first-order valence-corrected chi connectivity index (χ1v) is 10.2. The van der Waals surface area contributed by atoms with Crippen LogP contribution in [-0.4, -0.2) is 73.0 Å². The molecule has 0 aromatic carbocycles. The van der Waals surface area contributed by atoms with Gasteiger partial charge < -0.3 is 14.7 Å². The van der Waals surface area contributed by atoms with E-state index < -0.39 is 0 Å². The third kappa shape index (κ3) is 3.12. The van der Waals surface area contributed by atoms with Crippen LogP contribution in [0.2, 0.25) is 0 Å². The molecule has 4 rings (SSSR count). The van der Waals surface area contributed by atoms with Crippen LogP contribution in [0.5, 0.6) is 0 Å². The molecule has 2 aliphatic rings. The molecule has 144 valence electrons. The van der Waals surface area contributed by atoms with Crippen LogP contribution >= 0.6 is 11.3 Å². The van der Waals surface area contributed by atoms with Crippen LogP contribution in [0.25, 0.3) is 0 Å². The van der Waals surface area contributed by atoms with Gasteiger partial charge in [0.15, 0.2) is 0 Å². The second kappa shape index (κ2) is 6.56. The quantitative estimate of drug-likeness (QED) is 0.812. The van der Waals surface area contributed by atoms with E-state index in [9.17, 15) is 4.79 Å². The summed E-state index contributed by atoms with van der Waals surface area (Å²) in [6, 6.07) is 4.06. The average Bonchev–Trinajstić information content (AvgIpc) is 3.12. The molecule has 1 unspecified atom stereocenters. The number of likely N-dealkylation sites (tertiary alicyclic amines) is 2. The zero-order valence-electron chi connectivity index (χ0n) is 16.7. The molecule has 2 aromatic heterocycles. The maximum atomic E-state index is 13.0. The molecule has 7 heteroatoms. The van der Waals surface area contributed by atoms with Gasteiger partial charge in [-0.3, -0.25) is 4.79 Å². The van der Waals surface area contributed by atoms with Crippen LogP contribution in [0.3, 0.4) is 0 Å². The SMILES string of the molecule is Cc1cc(C(=O)N2CC3(CN(C)CC3c3ccnc(N(C)C)n3)C2)c(C)s1. The fourth-order valence-corrected chi connectivity index (χ4v) is 5.50. The van der Waals surface area contributed by atoms with Crippen molar-refractivity contribution in [2.45, 2.75) is 19.8 Å². The van der Waals surface area contributed by atoms with Crippen LogP contribution in [0.1, 0.15) is 31.7 Å². The second-order valence-corrected chi connectivity index (χ2v) is 9.74. The van der Waals surface area contributed by atoms with Gasteiger partial charge in [0.25, 0.3) is 5.91 Å². The van der Waals surface area contributed by atoms with Crippen molar-refractivity contribution in [3.05, 3.63) is 39.3 Å². The van der Waals surface area contributed by atoms with Gasteiger partial charge in [-0.15, -0.1) is 11.3 Å². The number of hydrogen-bond acceptors (Lipinski definition) is 6. The number of aryl methyl sites for hydroxylation is 2. The van der Waals surface area contributed by atoms with Gasteiger partial charge in [-0.05, 0) is 33.0 Å². The lowest BCUT2D eigenvalue weighted by atomic mass is 9.70. The summed E-state index contributed by atoms with van der Waals surface area (Å²) < 4.78 is 0. The molecule has 0 aliphatic carbocycles. The van der Waals surface area contributed by atoms with Gasteiger partial charge in [0.05, 0.1) is 11.3 Å². The summed E-state index contributed by atoms with van der Waals surface area (Å²) in [6.07, 6.45) is 1.85. The minimum atomic E-state index is 0.0985. The predicted molar refractivity (Wildman–Crippen MR) is 109 cm³/mol. The number of anilines is 1. The summed E-state index contributed by atoms with van der Waals surface area (Å²) in [5, 5.41) is 0. The summed E-state index contributed by atoms with van der Waals surface area (Å²) in [7, 11) is 6.09. The number of carbonyl (C=O) groups excluding carboxylic acids is 1. The van der Waals surface area contributed by atoms with Gasteiger partial charge in [-0.2, -0.15) is 0 Å². The monoisotopic (exact) mass is 385 g/mol. The Morgan fingerprint density at radius 1 is 1.30 bits per heavy atom. The first-order valence-electron chi connectivity index (χ1n) is 9.34. The average molecular weight is 386 g/mol. The Morgan fingerprint density at radius 2 is 2.04 bits per heavy atom. The Balaban J connectivity index is 1.55. The lowest BCUT2D eigenvalue weighted by Gasteiger charge is -2.51. The molecule has 2 aromatic rings. The Labute approximate surface area is 164 Å². The van der Waals surface area contributed by atoms with Gasteiger partial charge >= 0.3 is 0 Å². The van der Waals surface area contributed by atoms with E-state index in [0.717, 1.165) is 48.3 Å². The second-order valence-electron chi connectivity index (χ2n) is 8.28. The summed E-state index contributed by atoms with van der Waals surface area (Å²) in [6.45, 7) is 7.68. The van der Waals surface area contributed by atoms with Crippen LogP contribution < -0.4 is 4.90 Å². The Hall–Kier alpha value is -1.99. The minimum absolute atomic E-state index is 0.0985. The molecule has 1 atom stereocenters. The predicted octanol–water partition coefficient (Wildman–Crippen LogP) is 2.39. The number of carbonyl (C=O) groups is 1. The molecule has 0 saturated carbocycles. The number of aromatic nitrogens is 2.